The van der Waals surface area contributed by atoms with Gasteiger partial charge in [-0.3, -0.25) is 14.5 Å². The lowest BCUT2D eigenvalue weighted by atomic mass is 9.68. The van der Waals surface area contributed by atoms with Crippen molar-refractivity contribution in [3.05, 3.63) is 41.5 Å². The number of epoxide rings is 2. The molecular weight excluding hydrogens is 488 g/mol. The fourth-order valence-electron chi connectivity index (χ4n) is 6.23. The molecular formula is C29H38N2O7. The van der Waals surface area contributed by atoms with Crippen LogP contribution in [0, 0.1) is 5.92 Å². The van der Waals surface area contributed by atoms with E-state index in [1.807, 2.05) is 0 Å². The topological polar surface area (TPSA) is 110 Å². The van der Waals surface area contributed by atoms with Crippen LogP contribution < -0.4 is 10.2 Å². The third-order valence-electron chi connectivity index (χ3n) is 8.41. The fourth-order valence-corrected chi connectivity index (χ4v) is 6.23. The predicted octanol–water partition coefficient (Wildman–Crippen LogP) is 4.03. The van der Waals surface area contributed by atoms with Gasteiger partial charge in [-0.25, -0.2) is 4.79 Å². The Morgan fingerprint density at radius 3 is 2.47 bits per heavy atom. The Morgan fingerprint density at radius 1 is 1.18 bits per heavy atom. The van der Waals surface area contributed by atoms with Crippen molar-refractivity contribution in [1.29, 1.82) is 0 Å². The SMILES string of the molecule is CO[C@@H]1[C@H](OC(=O)NCc2ccc(N3C(=O)CCCC3=O)cc2)CC[C@]2(CO2)[C@H]1[C@]1(C)O[C@@H]1CC=C(C)C. The summed E-state index contributed by atoms with van der Waals surface area (Å²) in [5, 5.41) is 2.82. The molecule has 3 heterocycles. The smallest absolute Gasteiger partial charge is 0.407 e. The number of anilines is 1. The summed E-state index contributed by atoms with van der Waals surface area (Å²) in [6, 6.07) is 7.05. The quantitative estimate of drug-likeness (QED) is 0.309. The minimum Gasteiger partial charge on any atom is -0.443 e. The van der Waals surface area contributed by atoms with Crippen molar-refractivity contribution in [1.82, 2.24) is 5.32 Å². The van der Waals surface area contributed by atoms with E-state index in [0.29, 0.717) is 38.0 Å². The molecule has 0 aromatic heterocycles. The van der Waals surface area contributed by atoms with Crippen LogP contribution in [0.5, 0.6) is 0 Å². The summed E-state index contributed by atoms with van der Waals surface area (Å²) >= 11 is 0. The molecule has 3 amide bonds. The first-order valence-corrected chi connectivity index (χ1v) is 13.5. The molecule has 0 unspecified atom stereocenters. The van der Waals surface area contributed by atoms with E-state index in [2.05, 4.69) is 32.2 Å². The number of ether oxygens (including phenoxy) is 4. The highest BCUT2D eigenvalue weighted by molar-refractivity contribution is 6.16. The van der Waals surface area contributed by atoms with Gasteiger partial charge in [0.1, 0.15) is 23.4 Å². The molecule has 1 aromatic carbocycles. The molecule has 5 rings (SSSR count). The third-order valence-corrected chi connectivity index (χ3v) is 8.41. The van der Waals surface area contributed by atoms with E-state index in [1.54, 1.807) is 31.4 Å². The van der Waals surface area contributed by atoms with E-state index in [4.69, 9.17) is 18.9 Å². The standard InChI is InChI=1S/C29H38N2O7/c1-18(2)8-13-22-28(3,38-22)26-25(35-4)21(14-15-29(26)17-36-29)37-27(34)30-16-19-9-11-20(12-10-19)31-23(32)6-5-7-24(31)33/h8-12,21-22,25-26H,5-7,13-17H2,1-4H3,(H,30,34)/t21-,22-,25-,26-,28-,29+/m1/s1. The van der Waals surface area contributed by atoms with Gasteiger partial charge >= 0.3 is 6.09 Å². The zero-order valence-electron chi connectivity index (χ0n) is 22.7. The van der Waals surface area contributed by atoms with Crippen molar-refractivity contribution in [3.8, 4) is 0 Å². The molecule has 3 aliphatic heterocycles. The van der Waals surface area contributed by atoms with E-state index in [9.17, 15) is 14.4 Å². The van der Waals surface area contributed by atoms with Crippen molar-refractivity contribution in [2.45, 2.75) is 95.4 Å². The first-order chi connectivity index (χ1) is 18.2. The van der Waals surface area contributed by atoms with Gasteiger partial charge in [0.25, 0.3) is 0 Å². The molecule has 6 atom stereocenters. The second-order valence-corrected chi connectivity index (χ2v) is 11.3. The number of nitrogens with one attached hydrogen (secondary N) is 1. The molecule has 9 nitrogen and oxygen atoms in total. The summed E-state index contributed by atoms with van der Waals surface area (Å²) in [4.78, 5) is 38.3. The number of hydrogen-bond acceptors (Lipinski definition) is 7. The summed E-state index contributed by atoms with van der Waals surface area (Å²) in [7, 11) is 1.66. The Kier molecular flexibility index (Phi) is 7.37. The van der Waals surface area contributed by atoms with Crippen molar-refractivity contribution >= 4 is 23.6 Å². The van der Waals surface area contributed by atoms with Crippen LogP contribution in [0.2, 0.25) is 0 Å². The lowest BCUT2D eigenvalue weighted by Gasteiger charge is -2.42. The number of imide groups is 1. The average molecular weight is 527 g/mol. The molecule has 0 radical (unpaired) electrons. The summed E-state index contributed by atoms with van der Waals surface area (Å²) < 4.78 is 24.0. The van der Waals surface area contributed by atoms with Gasteiger partial charge in [-0.15, -0.1) is 0 Å². The normalized spacial score (nSPS) is 34.2. The molecule has 206 valence electrons. The first kappa shape index (κ1) is 26.8. The van der Waals surface area contributed by atoms with Crippen LogP contribution in [-0.2, 0) is 35.1 Å². The number of hydrogen-bond donors (Lipinski definition) is 1. The van der Waals surface area contributed by atoms with E-state index >= 15 is 0 Å². The van der Waals surface area contributed by atoms with Gasteiger partial charge in [-0.2, -0.15) is 0 Å². The monoisotopic (exact) mass is 526 g/mol. The van der Waals surface area contributed by atoms with Gasteiger partial charge in [-0.05, 0) is 64.2 Å². The van der Waals surface area contributed by atoms with Crippen molar-refractivity contribution in [2.24, 2.45) is 5.92 Å². The summed E-state index contributed by atoms with van der Waals surface area (Å²) in [5.74, 6) is -0.391. The number of benzene rings is 1. The van der Waals surface area contributed by atoms with Crippen LogP contribution in [0.1, 0.15) is 64.9 Å². The van der Waals surface area contributed by atoms with Crippen LogP contribution in [-0.4, -0.2) is 61.1 Å². The summed E-state index contributed by atoms with van der Waals surface area (Å²) in [6.45, 7) is 7.21. The lowest BCUT2D eigenvalue weighted by Crippen LogP contribution is -2.56. The molecule has 1 spiro atoms. The molecule has 1 saturated carbocycles. The number of carbonyl (C=O) groups excluding carboxylic acids is 3. The fraction of sp³-hybridized carbons (Fsp3) is 0.621. The maximum Gasteiger partial charge on any atom is 0.407 e. The van der Waals surface area contributed by atoms with Gasteiger partial charge in [0.15, 0.2) is 0 Å². The van der Waals surface area contributed by atoms with Gasteiger partial charge < -0.3 is 24.3 Å². The Hall–Kier alpha value is -2.75. The molecule has 38 heavy (non-hydrogen) atoms. The maximum absolute atomic E-state index is 12.8. The number of carbonyl (C=O) groups is 3. The van der Waals surface area contributed by atoms with Crippen LogP contribution in [0.4, 0.5) is 10.5 Å². The minimum absolute atomic E-state index is 0.0325. The number of allylic oxidation sites excluding steroid dienone is 1. The second-order valence-electron chi connectivity index (χ2n) is 11.3. The van der Waals surface area contributed by atoms with Gasteiger partial charge in [0, 0.05) is 26.5 Å². The molecule has 4 aliphatic rings. The minimum atomic E-state index is -0.517. The third kappa shape index (κ3) is 5.24. The first-order valence-electron chi connectivity index (χ1n) is 13.5. The number of amides is 3. The van der Waals surface area contributed by atoms with E-state index < -0.39 is 12.2 Å². The number of rotatable bonds is 8. The highest BCUT2D eigenvalue weighted by Gasteiger charge is 2.72. The van der Waals surface area contributed by atoms with Crippen LogP contribution >= 0.6 is 0 Å². The van der Waals surface area contributed by atoms with Crippen LogP contribution in [0.15, 0.2) is 35.9 Å². The average Bonchev–Trinajstić information content (AvgIpc) is 3.80. The molecule has 9 heteroatoms. The number of alkyl carbamates (subject to hydrolysis) is 1. The van der Waals surface area contributed by atoms with Crippen molar-refractivity contribution in [2.75, 3.05) is 18.6 Å². The predicted molar refractivity (Wildman–Crippen MR) is 139 cm³/mol. The van der Waals surface area contributed by atoms with E-state index in [-0.39, 0.29) is 47.7 Å². The highest BCUT2D eigenvalue weighted by Crippen LogP contribution is 2.59. The largest absolute Gasteiger partial charge is 0.443 e. The molecule has 1 aliphatic carbocycles. The Morgan fingerprint density at radius 2 is 1.87 bits per heavy atom. The Bertz CT molecular complexity index is 1090. The van der Waals surface area contributed by atoms with Crippen molar-refractivity contribution < 1.29 is 33.3 Å². The van der Waals surface area contributed by atoms with E-state index in [1.165, 1.54) is 10.5 Å². The van der Waals surface area contributed by atoms with Gasteiger partial charge in [0.05, 0.1) is 24.3 Å². The summed E-state index contributed by atoms with van der Waals surface area (Å²) in [6.07, 6.45) is 4.65. The van der Waals surface area contributed by atoms with Gasteiger partial charge in [-0.1, -0.05) is 23.8 Å². The molecule has 1 aromatic rings. The number of piperidine rings is 1. The van der Waals surface area contributed by atoms with E-state index in [0.717, 1.165) is 18.4 Å². The number of nitrogens with zero attached hydrogens (tertiary/aromatic N) is 1. The molecule has 1 N–H and O–H groups in total. The highest BCUT2D eigenvalue weighted by atomic mass is 16.6. The molecule has 0 bridgehead atoms. The Balaban J connectivity index is 1.18. The lowest BCUT2D eigenvalue weighted by molar-refractivity contribution is -0.129. The zero-order chi connectivity index (χ0) is 27.1. The van der Waals surface area contributed by atoms with Crippen LogP contribution in [0.25, 0.3) is 0 Å². The van der Waals surface area contributed by atoms with Gasteiger partial charge in [0.2, 0.25) is 11.8 Å². The molecule has 3 saturated heterocycles. The zero-order valence-corrected chi connectivity index (χ0v) is 22.7. The molecule has 4 fully saturated rings. The second kappa shape index (κ2) is 10.4. The maximum atomic E-state index is 12.8. The summed E-state index contributed by atoms with van der Waals surface area (Å²) in [5.41, 5.74) is 1.98. The van der Waals surface area contributed by atoms with Crippen molar-refractivity contribution in [3.63, 3.8) is 0 Å². The number of methoxy groups -OCH3 is 1. The Labute approximate surface area is 223 Å². The van der Waals surface area contributed by atoms with Crippen LogP contribution in [0.3, 0.4) is 0 Å².